The first-order valence-electron chi connectivity index (χ1n) is 8.31. The summed E-state index contributed by atoms with van der Waals surface area (Å²) in [7, 11) is 0. The van der Waals surface area contributed by atoms with Gasteiger partial charge < -0.3 is 4.74 Å². The molecule has 1 unspecified atom stereocenters. The Morgan fingerprint density at radius 1 is 1.46 bits per heavy atom. The van der Waals surface area contributed by atoms with Crippen molar-refractivity contribution in [3.63, 3.8) is 0 Å². The Kier molecular flexibility index (Phi) is 4.39. The molecule has 130 valence electrons. The predicted molar refractivity (Wildman–Crippen MR) is 102 cm³/mol. The van der Waals surface area contributed by atoms with E-state index in [2.05, 4.69) is 11.1 Å². The van der Waals surface area contributed by atoms with Gasteiger partial charge in [0.15, 0.2) is 0 Å². The number of carbonyl (C=O) groups excluding carboxylic acids is 1. The highest BCUT2D eigenvalue weighted by Crippen LogP contribution is 2.39. The van der Waals surface area contributed by atoms with Crippen molar-refractivity contribution in [1.29, 1.82) is 5.26 Å². The lowest BCUT2D eigenvalue weighted by Crippen LogP contribution is -2.04. The van der Waals surface area contributed by atoms with Crippen molar-refractivity contribution in [1.82, 2.24) is 4.98 Å². The van der Waals surface area contributed by atoms with Crippen LogP contribution in [0.15, 0.2) is 29.6 Å². The maximum absolute atomic E-state index is 11.4. The topological polar surface area (TPSA) is 63.0 Å². The van der Waals surface area contributed by atoms with Gasteiger partial charge in [0, 0.05) is 27.8 Å². The second-order valence-electron chi connectivity index (χ2n) is 6.41. The molecule has 0 N–H and O–H groups in total. The van der Waals surface area contributed by atoms with Crippen LogP contribution < -0.4 is 4.74 Å². The van der Waals surface area contributed by atoms with Gasteiger partial charge in [-0.05, 0) is 48.9 Å². The Balaban J connectivity index is 1.64. The Morgan fingerprint density at radius 3 is 3.08 bits per heavy atom. The number of rotatable bonds is 4. The first kappa shape index (κ1) is 17.0. The van der Waals surface area contributed by atoms with E-state index in [1.807, 2.05) is 23.6 Å². The summed E-state index contributed by atoms with van der Waals surface area (Å²) < 4.78 is 7.20. The number of ketones is 1. The number of benzene rings is 1. The van der Waals surface area contributed by atoms with Gasteiger partial charge in [-0.3, -0.25) is 4.79 Å². The fourth-order valence-electron chi connectivity index (χ4n) is 3.40. The molecule has 0 aliphatic heterocycles. The minimum atomic E-state index is -0.0876. The van der Waals surface area contributed by atoms with Gasteiger partial charge in [-0.25, -0.2) is 4.98 Å². The van der Waals surface area contributed by atoms with Crippen molar-refractivity contribution in [3.05, 3.63) is 57.2 Å². The largest absolute Gasteiger partial charge is 0.486 e. The van der Waals surface area contributed by atoms with Crippen LogP contribution in [0.25, 0.3) is 10.1 Å². The van der Waals surface area contributed by atoms with Gasteiger partial charge in [-0.2, -0.15) is 5.26 Å². The smallest absolute Gasteiger partial charge is 0.140 e. The van der Waals surface area contributed by atoms with E-state index >= 15 is 0 Å². The molecule has 0 saturated carbocycles. The summed E-state index contributed by atoms with van der Waals surface area (Å²) in [6.45, 7) is 1.58. The van der Waals surface area contributed by atoms with E-state index in [4.69, 9.17) is 21.6 Å². The van der Waals surface area contributed by atoms with Gasteiger partial charge in [0.25, 0.3) is 0 Å². The molecule has 4 rings (SSSR count). The normalized spacial score (nSPS) is 15.7. The molecule has 0 bridgehead atoms. The standard InChI is InChI=1S/C20H15ClN2O2S/c1-11(24)6-12-10-26-19-8-14(7-16(21)20(12)19)25-18-5-4-17-15(18)3-2-13(9-22)23-17/h2-3,7-8,10,18H,4-6H2,1H3. The highest BCUT2D eigenvalue weighted by Gasteiger charge is 2.26. The first-order valence-corrected chi connectivity index (χ1v) is 9.56. The van der Waals surface area contributed by atoms with Crippen LogP contribution in [-0.4, -0.2) is 10.8 Å². The number of halogens is 1. The third kappa shape index (κ3) is 3.07. The molecule has 0 saturated heterocycles. The molecular formula is C20H15ClN2O2S. The zero-order valence-electron chi connectivity index (χ0n) is 14.1. The number of hydrogen-bond acceptors (Lipinski definition) is 5. The second-order valence-corrected chi connectivity index (χ2v) is 7.73. The SMILES string of the molecule is CC(=O)Cc1csc2cc(OC3CCc4nc(C#N)ccc43)cc(Cl)c12. The molecule has 1 atom stereocenters. The van der Waals surface area contributed by atoms with Crippen LogP contribution in [0.4, 0.5) is 0 Å². The van der Waals surface area contributed by atoms with Gasteiger partial charge >= 0.3 is 0 Å². The third-order valence-corrected chi connectivity index (χ3v) is 5.79. The number of pyridine rings is 1. The molecule has 0 fully saturated rings. The number of hydrogen-bond donors (Lipinski definition) is 0. The summed E-state index contributed by atoms with van der Waals surface area (Å²) in [4.78, 5) is 15.8. The number of ether oxygens (including phenoxy) is 1. The molecule has 1 aromatic carbocycles. The molecule has 4 nitrogen and oxygen atoms in total. The molecule has 6 heteroatoms. The van der Waals surface area contributed by atoms with Crippen molar-refractivity contribution in [2.75, 3.05) is 0 Å². The van der Waals surface area contributed by atoms with E-state index in [1.54, 1.807) is 24.3 Å². The lowest BCUT2D eigenvalue weighted by molar-refractivity contribution is -0.116. The van der Waals surface area contributed by atoms with E-state index in [0.717, 1.165) is 39.7 Å². The monoisotopic (exact) mass is 382 g/mol. The van der Waals surface area contributed by atoms with E-state index in [1.165, 1.54) is 0 Å². The summed E-state index contributed by atoms with van der Waals surface area (Å²) in [5.74, 6) is 0.828. The molecule has 0 spiro atoms. The number of thiophene rings is 1. The molecule has 2 aromatic heterocycles. The maximum atomic E-state index is 11.4. The number of aryl methyl sites for hydroxylation is 1. The minimum absolute atomic E-state index is 0.0876. The Bertz CT molecular complexity index is 1070. The van der Waals surface area contributed by atoms with Gasteiger partial charge in [-0.1, -0.05) is 17.7 Å². The number of nitrogens with zero attached hydrogens (tertiary/aromatic N) is 2. The summed E-state index contributed by atoms with van der Waals surface area (Å²) >= 11 is 8.05. The van der Waals surface area contributed by atoms with Crippen molar-refractivity contribution < 1.29 is 9.53 Å². The van der Waals surface area contributed by atoms with Crippen LogP contribution in [-0.2, 0) is 17.6 Å². The molecule has 3 aromatic rings. The van der Waals surface area contributed by atoms with Crippen LogP contribution in [0.2, 0.25) is 5.02 Å². The second kappa shape index (κ2) is 6.71. The Labute approximate surface area is 160 Å². The highest BCUT2D eigenvalue weighted by molar-refractivity contribution is 7.17. The van der Waals surface area contributed by atoms with E-state index in [9.17, 15) is 4.79 Å². The predicted octanol–water partition coefficient (Wildman–Crippen LogP) is 5.02. The lowest BCUT2D eigenvalue weighted by Gasteiger charge is -2.15. The van der Waals surface area contributed by atoms with E-state index < -0.39 is 0 Å². The number of aromatic nitrogens is 1. The molecule has 0 radical (unpaired) electrons. The van der Waals surface area contributed by atoms with E-state index in [-0.39, 0.29) is 11.9 Å². The fraction of sp³-hybridized carbons (Fsp3) is 0.250. The van der Waals surface area contributed by atoms with Crippen LogP contribution in [0.1, 0.15) is 42.0 Å². The number of Topliss-reactive ketones (excluding diaryl/α,β-unsaturated/α-hetero) is 1. The maximum Gasteiger partial charge on any atom is 0.140 e. The number of fused-ring (bicyclic) bond motifs is 2. The number of carbonyl (C=O) groups is 1. The van der Waals surface area contributed by atoms with Gasteiger partial charge in [-0.15, -0.1) is 11.3 Å². The summed E-state index contributed by atoms with van der Waals surface area (Å²) in [5.41, 5.74) is 3.36. The molecule has 1 aliphatic carbocycles. The highest BCUT2D eigenvalue weighted by atomic mass is 35.5. The molecule has 2 heterocycles. The number of nitriles is 1. The summed E-state index contributed by atoms with van der Waals surface area (Å²) in [5, 5.41) is 12.5. The van der Waals surface area contributed by atoms with Gasteiger partial charge in [0.05, 0.1) is 5.02 Å². The van der Waals surface area contributed by atoms with Crippen LogP contribution in [0.5, 0.6) is 5.75 Å². The van der Waals surface area contributed by atoms with E-state index in [0.29, 0.717) is 22.9 Å². The third-order valence-electron chi connectivity index (χ3n) is 4.51. The molecule has 26 heavy (non-hydrogen) atoms. The van der Waals surface area contributed by atoms with Crippen LogP contribution in [0.3, 0.4) is 0 Å². The Hall–Kier alpha value is -2.42. The van der Waals surface area contributed by atoms with Crippen molar-refractivity contribution in [2.45, 2.75) is 32.3 Å². The zero-order valence-corrected chi connectivity index (χ0v) is 15.7. The van der Waals surface area contributed by atoms with Crippen molar-refractivity contribution >= 4 is 38.8 Å². The van der Waals surface area contributed by atoms with Crippen molar-refractivity contribution in [2.24, 2.45) is 0 Å². The molecule has 0 amide bonds. The average molecular weight is 383 g/mol. The summed E-state index contributed by atoms with van der Waals surface area (Å²) in [6.07, 6.45) is 1.93. The molecular weight excluding hydrogens is 368 g/mol. The Morgan fingerprint density at radius 2 is 2.31 bits per heavy atom. The minimum Gasteiger partial charge on any atom is -0.486 e. The molecule has 1 aliphatic rings. The summed E-state index contributed by atoms with van der Waals surface area (Å²) in [6, 6.07) is 9.52. The van der Waals surface area contributed by atoms with Crippen LogP contribution >= 0.6 is 22.9 Å². The average Bonchev–Trinajstić information content (AvgIpc) is 3.19. The lowest BCUT2D eigenvalue weighted by atomic mass is 10.1. The van der Waals surface area contributed by atoms with Gasteiger partial charge in [0.1, 0.15) is 29.4 Å². The first-order chi connectivity index (χ1) is 12.5. The quantitative estimate of drug-likeness (QED) is 0.635. The van der Waals surface area contributed by atoms with Crippen molar-refractivity contribution in [3.8, 4) is 11.8 Å². The van der Waals surface area contributed by atoms with Gasteiger partial charge in [0.2, 0.25) is 0 Å². The fourth-order valence-corrected chi connectivity index (χ4v) is 4.80. The van der Waals surface area contributed by atoms with Crippen LogP contribution in [0, 0.1) is 11.3 Å². The zero-order chi connectivity index (χ0) is 18.3.